The Hall–Kier alpha value is -2.40. The molecule has 124 valence electrons. The molecule has 2 aromatic heterocycles. The number of thiophene rings is 1. The van der Waals surface area contributed by atoms with Crippen LogP contribution in [0, 0.1) is 6.92 Å². The van der Waals surface area contributed by atoms with Gasteiger partial charge in [-0.2, -0.15) is 0 Å². The summed E-state index contributed by atoms with van der Waals surface area (Å²) < 4.78 is 5.75. The number of rotatable bonds is 6. The van der Waals surface area contributed by atoms with Crippen molar-refractivity contribution in [1.29, 1.82) is 0 Å². The Balaban J connectivity index is 1.55. The van der Waals surface area contributed by atoms with Crippen LogP contribution in [-0.2, 0) is 4.79 Å². The molecule has 1 atom stereocenters. The van der Waals surface area contributed by atoms with E-state index in [2.05, 4.69) is 5.32 Å². The van der Waals surface area contributed by atoms with Crippen LogP contribution >= 0.6 is 11.3 Å². The van der Waals surface area contributed by atoms with Crippen molar-refractivity contribution in [2.45, 2.75) is 32.7 Å². The molecule has 1 unspecified atom stereocenters. The summed E-state index contributed by atoms with van der Waals surface area (Å²) in [6, 6.07) is 13.2. The van der Waals surface area contributed by atoms with Crippen molar-refractivity contribution in [2.24, 2.45) is 0 Å². The van der Waals surface area contributed by atoms with Crippen LogP contribution in [0.3, 0.4) is 0 Å². The summed E-state index contributed by atoms with van der Waals surface area (Å²) in [6.45, 7) is 3.84. The molecule has 0 saturated carbocycles. The summed E-state index contributed by atoms with van der Waals surface area (Å²) in [5.41, 5.74) is 0.803. The lowest BCUT2D eigenvalue weighted by molar-refractivity contribution is -0.121. The standard InChI is InChI=1S/C19H19NO3S/c1-12-7-9-18(24-12)15(21)8-10-19(22)20-13(2)17-11-14-5-3-4-6-16(14)23-17/h3-7,9,11,13H,8,10H2,1-2H3,(H,20,22). The van der Waals surface area contributed by atoms with Crippen molar-refractivity contribution >= 4 is 34.0 Å². The highest BCUT2D eigenvalue weighted by Crippen LogP contribution is 2.23. The van der Waals surface area contributed by atoms with Crippen LogP contribution in [0.15, 0.2) is 46.9 Å². The minimum absolute atomic E-state index is 0.0136. The van der Waals surface area contributed by atoms with Crippen molar-refractivity contribution in [1.82, 2.24) is 5.32 Å². The fourth-order valence-electron chi connectivity index (χ4n) is 2.54. The predicted octanol–water partition coefficient (Wildman–Crippen LogP) is 4.64. The first-order valence-corrected chi connectivity index (χ1v) is 8.72. The Kier molecular flexibility index (Phi) is 4.81. The number of furan rings is 1. The van der Waals surface area contributed by atoms with E-state index in [0.717, 1.165) is 15.8 Å². The van der Waals surface area contributed by atoms with Crippen molar-refractivity contribution in [3.05, 3.63) is 58.0 Å². The zero-order valence-corrected chi connectivity index (χ0v) is 14.5. The molecule has 4 nitrogen and oxygen atoms in total. The highest BCUT2D eigenvalue weighted by Gasteiger charge is 2.16. The number of carbonyl (C=O) groups excluding carboxylic acids is 2. The van der Waals surface area contributed by atoms with Gasteiger partial charge >= 0.3 is 0 Å². The number of carbonyl (C=O) groups is 2. The maximum Gasteiger partial charge on any atom is 0.221 e. The quantitative estimate of drug-likeness (QED) is 0.664. The van der Waals surface area contributed by atoms with Gasteiger partial charge in [-0.3, -0.25) is 9.59 Å². The van der Waals surface area contributed by atoms with Gasteiger partial charge < -0.3 is 9.73 Å². The molecular weight excluding hydrogens is 322 g/mol. The van der Waals surface area contributed by atoms with Gasteiger partial charge in [0.05, 0.1) is 10.9 Å². The first-order chi connectivity index (χ1) is 11.5. The fraction of sp³-hybridized carbons (Fsp3) is 0.263. The summed E-state index contributed by atoms with van der Waals surface area (Å²) in [4.78, 5) is 25.9. The second-order valence-electron chi connectivity index (χ2n) is 5.81. The molecular formula is C19H19NO3S. The number of hydrogen-bond donors (Lipinski definition) is 1. The third-order valence-electron chi connectivity index (χ3n) is 3.84. The van der Waals surface area contributed by atoms with E-state index in [1.54, 1.807) is 0 Å². The molecule has 0 aliphatic carbocycles. The zero-order valence-electron chi connectivity index (χ0n) is 13.7. The van der Waals surface area contributed by atoms with Crippen LogP contribution in [0.2, 0.25) is 0 Å². The van der Waals surface area contributed by atoms with Gasteiger partial charge in [0.15, 0.2) is 5.78 Å². The van der Waals surface area contributed by atoms with Crippen LogP contribution in [0.1, 0.15) is 46.1 Å². The molecule has 0 aliphatic rings. The van der Waals surface area contributed by atoms with Gasteiger partial charge in [-0.15, -0.1) is 11.3 Å². The summed E-state index contributed by atoms with van der Waals surface area (Å²) in [5.74, 6) is 0.578. The fourth-order valence-corrected chi connectivity index (χ4v) is 3.37. The summed E-state index contributed by atoms with van der Waals surface area (Å²) in [7, 11) is 0. The molecule has 1 N–H and O–H groups in total. The van der Waals surface area contributed by atoms with Crippen LogP contribution in [0.4, 0.5) is 0 Å². The number of amides is 1. The van der Waals surface area contributed by atoms with E-state index in [9.17, 15) is 9.59 Å². The molecule has 0 aliphatic heterocycles. The molecule has 0 saturated heterocycles. The van der Waals surface area contributed by atoms with Crippen LogP contribution in [-0.4, -0.2) is 11.7 Å². The van der Waals surface area contributed by atoms with E-state index in [0.29, 0.717) is 10.6 Å². The normalized spacial score (nSPS) is 12.2. The van der Waals surface area contributed by atoms with Crippen molar-refractivity contribution in [3.63, 3.8) is 0 Å². The average molecular weight is 341 g/mol. The van der Waals surface area contributed by atoms with Gasteiger partial charge in [0.2, 0.25) is 5.91 Å². The van der Waals surface area contributed by atoms with E-state index in [-0.39, 0.29) is 30.6 Å². The molecule has 0 bridgehead atoms. The lowest BCUT2D eigenvalue weighted by Crippen LogP contribution is -2.26. The lowest BCUT2D eigenvalue weighted by Gasteiger charge is -2.10. The maximum atomic E-state index is 12.1. The molecule has 2 heterocycles. The van der Waals surface area contributed by atoms with E-state index >= 15 is 0 Å². The van der Waals surface area contributed by atoms with Crippen LogP contribution in [0.25, 0.3) is 11.0 Å². The second kappa shape index (κ2) is 7.01. The number of nitrogens with one attached hydrogen (secondary N) is 1. The number of fused-ring (bicyclic) bond motifs is 1. The largest absolute Gasteiger partial charge is 0.459 e. The highest BCUT2D eigenvalue weighted by atomic mass is 32.1. The van der Waals surface area contributed by atoms with Crippen molar-refractivity contribution in [3.8, 4) is 0 Å². The average Bonchev–Trinajstić information content (AvgIpc) is 3.18. The Labute approximate surface area is 144 Å². The molecule has 0 fully saturated rings. The smallest absolute Gasteiger partial charge is 0.221 e. The molecule has 1 aromatic carbocycles. The van der Waals surface area contributed by atoms with Gasteiger partial charge in [0, 0.05) is 23.1 Å². The Morgan fingerprint density at radius 3 is 2.67 bits per heavy atom. The molecule has 5 heteroatoms. The van der Waals surface area contributed by atoms with Gasteiger partial charge in [0.25, 0.3) is 0 Å². The molecule has 3 rings (SSSR count). The highest BCUT2D eigenvalue weighted by molar-refractivity contribution is 7.14. The molecule has 0 radical (unpaired) electrons. The number of Topliss-reactive ketones (excluding diaryl/α,β-unsaturated/α-hetero) is 1. The van der Waals surface area contributed by atoms with Gasteiger partial charge in [0.1, 0.15) is 11.3 Å². The number of ketones is 1. The first-order valence-electron chi connectivity index (χ1n) is 7.90. The topological polar surface area (TPSA) is 59.3 Å². The molecule has 0 spiro atoms. The second-order valence-corrected chi connectivity index (χ2v) is 7.10. The van der Waals surface area contributed by atoms with Crippen molar-refractivity contribution in [2.75, 3.05) is 0 Å². The third-order valence-corrected chi connectivity index (χ3v) is 4.88. The molecule has 24 heavy (non-hydrogen) atoms. The zero-order chi connectivity index (χ0) is 17.1. The minimum atomic E-state index is -0.232. The monoisotopic (exact) mass is 341 g/mol. The lowest BCUT2D eigenvalue weighted by atomic mass is 10.1. The first kappa shape index (κ1) is 16.5. The Morgan fingerprint density at radius 1 is 1.17 bits per heavy atom. The Morgan fingerprint density at radius 2 is 1.96 bits per heavy atom. The van der Waals surface area contributed by atoms with Crippen molar-refractivity contribution < 1.29 is 14.0 Å². The van der Waals surface area contributed by atoms with Gasteiger partial charge in [-0.25, -0.2) is 0 Å². The summed E-state index contributed by atoms with van der Waals surface area (Å²) in [6.07, 6.45) is 0.402. The van der Waals surface area contributed by atoms with Gasteiger partial charge in [-0.1, -0.05) is 18.2 Å². The van der Waals surface area contributed by atoms with Crippen LogP contribution in [0.5, 0.6) is 0 Å². The third kappa shape index (κ3) is 3.74. The number of hydrogen-bond acceptors (Lipinski definition) is 4. The van der Waals surface area contributed by atoms with E-state index in [4.69, 9.17) is 4.42 Å². The summed E-state index contributed by atoms with van der Waals surface area (Å²) in [5, 5.41) is 3.90. The van der Waals surface area contributed by atoms with E-state index < -0.39 is 0 Å². The minimum Gasteiger partial charge on any atom is -0.459 e. The number of para-hydroxylation sites is 1. The number of benzene rings is 1. The summed E-state index contributed by atoms with van der Waals surface area (Å²) >= 11 is 1.46. The number of aryl methyl sites for hydroxylation is 1. The predicted molar refractivity (Wildman–Crippen MR) is 95.4 cm³/mol. The van der Waals surface area contributed by atoms with Crippen LogP contribution < -0.4 is 5.32 Å². The van der Waals surface area contributed by atoms with E-state index in [1.807, 2.05) is 56.3 Å². The molecule has 3 aromatic rings. The van der Waals surface area contributed by atoms with E-state index in [1.165, 1.54) is 11.3 Å². The Bertz CT molecular complexity index is 845. The maximum absolute atomic E-state index is 12.1. The molecule has 1 amide bonds. The van der Waals surface area contributed by atoms with Gasteiger partial charge in [-0.05, 0) is 38.1 Å². The SMILES string of the molecule is Cc1ccc(C(=O)CCC(=O)NC(C)c2cc3ccccc3o2)s1.